The van der Waals surface area contributed by atoms with Crippen LogP contribution in [0, 0.1) is 0 Å². The van der Waals surface area contributed by atoms with Crippen LogP contribution in [0.4, 0.5) is 11.6 Å². The molecule has 4 N–H and O–H groups in total. The van der Waals surface area contributed by atoms with Gasteiger partial charge in [0, 0.05) is 51.2 Å². The van der Waals surface area contributed by atoms with E-state index in [2.05, 4.69) is 63.6 Å². The van der Waals surface area contributed by atoms with Crippen molar-refractivity contribution in [2.45, 2.75) is 0 Å². The Hall–Kier alpha value is -1.72. The van der Waals surface area contributed by atoms with Crippen molar-refractivity contribution in [3.63, 3.8) is 0 Å². The number of carbonyl (C=O) groups is 2. The first-order chi connectivity index (χ1) is 11.1. The van der Waals surface area contributed by atoms with Crippen molar-refractivity contribution in [1.29, 1.82) is 0 Å². The van der Waals surface area contributed by atoms with Crippen molar-refractivity contribution in [2.24, 2.45) is 0 Å². The molecule has 11 heteroatoms. The summed E-state index contributed by atoms with van der Waals surface area (Å²) in [5.41, 5.74) is 10.7. The second-order valence-electron chi connectivity index (χ2n) is 3.35. The minimum Gasteiger partial charge on any atom is -0.425 e. The summed E-state index contributed by atoms with van der Waals surface area (Å²) in [6.45, 7) is 0.618. The highest BCUT2D eigenvalue weighted by Gasteiger charge is 2.00. The SMILES string of the molecule is BrBr.Nc1ncc(Br)cc1OC=O.Nc1ncccc1OC=O. The summed E-state index contributed by atoms with van der Waals surface area (Å²) in [7, 11) is 0. The highest BCUT2D eigenvalue weighted by atomic mass is 80.9. The van der Waals surface area contributed by atoms with Gasteiger partial charge >= 0.3 is 0 Å². The van der Waals surface area contributed by atoms with Gasteiger partial charge in [0.05, 0.1) is 0 Å². The van der Waals surface area contributed by atoms with Crippen LogP contribution in [0.5, 0.6) is 11.5 Å². The maximum atomic E-state index is 9.92. The summed E-state index contributed by atoms with van der Waals surface area (Å²) in [6.07, 6.45) is 3.04. The average molecular weight is 515 g/mol. The van der Waals surface area contributed by atoms with Gasteiger partial charge in [0.1, 0.15) is 0 Å². The monoisotopic (exact) mass is 512 g/mol. The lowest BCUT2D eigenvalue weighted by Gasteiger charge is -2.00. The number of aromatic nitrogens is 2. The fourth-order valence-electron chi connectivity index (χ4n) is 1.13. The number of hydrogen-bond donors (Lipinski definition) is 2. The smallest absolute Gasteiger partial charge is 0.298 e. The Bertz CT molecular complexity index is 631. The predicted octanol–water partition coefficient (Wildman–Crippen LogP) is 2.85. The van der Waals surface area contributed by atoms with E-state index < -0.39 is 0 Å². The number of halogens is 3. The van der Waals surface area contributed by atoms with Gasteiger partial charge in [-0.15, -0.1) is 0 Å². The largest absolute Gasteiger partial charge is 0.425 e. The Morgan fingerprint density at radius 2 is 1.57 bits per heavy atom. The molecule has 0 bridgehead atoms. The molecule has 0 saturated heterocycles. The van der Waals surface area contributed by atoms with Gasteiger partial charge in [-0.1, -0.05) is 0 Å². The first-order valence-corrected chi connectivity index (χ1v) is 10.1. The van der Waals surface area contributed by atoms with Crippen LogP contribution in [0.3, 0.4) is 0 Å². The zero-order valence-corrected chi connectivity index (χ0v) is 16.1. The Kier molecular flexibility index (Phi) is 11.8. The van der Waals surface area contributed by atoms with Crippen molar-refractivity contribution >= 4 is 68.8 Å². The Labute approximate surface area is 155 Å². The number of nitrogens with zero attached hydrogens (tertiary/aromatic N) is 2. The van der Waals surface area contributed by atoms with Gasteiger partial charge in [-0.3, -0.25) is 9.59 Å². The Morgan fingerprint density at radius 3 is 2.13 bits per heavy atom. The third-order valence-electron chi connectivity index (χ3n) is 2.00. The lowest BCUT2D eigenvalue weighted by atomic mass is 10.4. The molecule has 0 aliphatic carbocycles. The van der Waals surface area contributed by atoms with Crippen molar-refractivity contribution in [3.05, 3.63) is 35.1 Å². The summed E-state index contributed by atoms with van der Waals surface area (Å²) >= 11 is 8.65. The van der Waals surface area contributed by atoms with E-state index >= 15 is 0 Å². The number of hydrogen-bond acceptors (Lipinski definition) is 8. The third-order valence-corrected chi connectivity index (χ3v) is 2.43. The van der Waals surface area contributed by atoms with Crippen molar-refractivity contribution in [1.82, 2.24) is 9.97 Å². The molecule has 0 saturated carbocycles. The summed E-state index contributed by atoms with van der Waals surface area (Å²) in [5, 5.41) is 0. The van der Waals surface area contributed by atoms with Crippen molar-refractivity contribution in [2.75, 3.05) is 11.5 Å². The average Bonchev–Trinajstić information content (AvgIpc) is 2.56. The molecule has 2 heterocycles. The van der Waals surface area contributed by atoms with Gasteiger partial charge in [0.2, 0.25) is 0 Å². The topological polar surface area (TPSA) is 130 Å². The molecule has 0 spiro atoms. The molecular weight excluding hydrogens is 504 g/mol. The summed E-state index contributed by atoms with van der Waals surface area (Å²) < 4.78 is 9.70. The molecule has 124 valence electrons. The zero-order chi connectivity index (χ0) is 17.7. The molecule has 2 aromatic rings. The van der Waals surface area contributed by atoms with Crippen LogP contribution in [0.2, 0.25) is 0 Å². The highest BCUT2D eigenvalue weighted by molar-refractivity contribution is 9.93. The van der Waals surface area contributed by atoms with E-state index in [0.717, 1.165) is 0 Å². The van der Waals surface area contributed by atoms with Crippen LogP contribution in [-0.2, 0) is 9.59 Å². The van der Waals surface area contributed by atoms with Crippen molar-refractivity contribution < 1.29 is 19.1 Å². The number of carbonyl (C=O) groups excluding carboxylic acids is 2. The zero-order valence-electron chi connectivity index (χ0n) is 11.4. The summed E-state index contributed by atoms with van der Waals surface area (Å²) in [4.78, 5) is 27.2. The molecule has 0 aliphatic rings. The van der Waals surface area contributed by atoms with Gasteiger partial charge in [-0.2, -0.15) is 0 Å². The van der Waals surface area contributed by atoms with E-state index in [1.807, 2.05) is 0 Å². The van der Waals surface area contributed by atoms with Crippen LogP contribution >= 0.6 is 44.2 Å². The standard InChI is InChI=1S/C6H5BrN2O2.C6H6N2O2.Br2/c7-4-1-5(11-3-10)6(8)9-2-4;7-6-5(10-4-9)2-1-3-8-6;1-2/h1-3H,(H2,8,9);1-4H,(H2,7,8);. The normalized spacial score (nSPS) is 8.48. The molecule has 2 rings (SSSR count). The van der Waals surface area contributed by atoms with Crippen LogP contribution in [-0.4, -0.2) is 22.9 Å². The molecule has 0 aromatic carbocycles. The molecule has 23 heavy (non-hydrogen) atoms. The minimum atomic E-state index is 0.195. The van der Waals surface area contributed by atoms with Crippen molar-refractivity contribution in [3.8, 4) is 11.5 Å². The van der Waals surface area contributed by atoms with E-state index in [-0.39, 0.29) is 23.1 Å². The number of nitrogens with two attached hydrogens (primary N) is 2. The first kappa shape index (κ1) is 21.3. The number of ether oxygens (including phenoxy) is 2. The van der Waals surface area contributed by atoms with Gasteiger partial charge in [0.15, 0.2) is 23.1 Å². The molecule has 0 fully saturated rings. The molecule has 0 aliphatic heterocycles. The fraction of sp³-hybridized carbons (Fsp3) is 0. The van der Waals surface area contributed by atoms with Crippen LogP contribution in [0.15, 0.2) is 35.1 Å². The van der Waals surface area contributed by atoms with Crippen LogP contribution in [0.1, 0.15) is 0 Å². The fourth-order valence-corrected chi connectivity index (χ4v) is 1.44. The summed E-state index contributed by atoms with van der Waals surface area (Å²) in [5.74, 6) is 0.960. The molecule has 8 nitrogen and oxygen atoms in total. The van der Waals surface area contributed by atoms with Gasteiger partial charge < -0.3 is 20.9 Å². The maximum Gasteiger partial charge on any atom is 0.298 e. The molecule has 2 aromatic heterocycles. The van der Waals surface area contributed by atoms with E-state index in [4.69, 9.17) is 11.5 Å². The van der Waals surface area contributed by atoms with Crippen LogP contribution < -0.4 is 20.9 Å². The van der Waals surface area contributed by atoms with Crippen LogP contribution in [0.25, 0.3) is 0 Å². The number of pyridine rings is 2. The maximum absolute atomic E-state index is 9.92. The predicted molar refractivity (Wildman–Crippen MR) is 96.2 cm³/mol. The van der Waals surface area contributed by atoms with Gasteiger partial charge in [0.25, 0.3) is 12.9 Å². The van der Waals surface area contributed by atoms with E-state index in [9.17, 15) is 9.59 Å². The molecule has 0 atom stereocenters. The first-order valence-electron chi connectivity index (χ1n) is 5.55. The molecule has 0 radical (unpaired) electrons. The van der Waals surface area contributed by atoms with Gasteiger partial charge in [-0.25, -0.2) is 9.97 Å². The Morgan fingerprint density at radius 1 is 1.00 bits per heavy atom. The van der Waals surface area contributed by atoms with E-state index in [1.165, 1.54) is 12.4 Å². The lowest BCUT2D eigenvalue weighted by Crippen LogP contribution is -1.97. The summed E-state index contributed by atoms with van der Waals surface area (Å²) in [6, 6.07) is 4.77. The Balaban J connectivity index is 0.000000381. The highest BCUT2D eigenvalue weighted by Crippen LogP contribution is 2.22. The minimum absolute atomic E-state index is 0.195. The number of anilines is 2. The second-order valence-corrected chi connectivity index (χ2v) is 4.27. The lowest BCUT2D eigenvalue weighted by molar-refractivity contribution is -0.121. The third kappa shape index (κ3) is 8.47. The number of nitrogen functional groups attached to an aromatic ring is 2. The molecular formula is C12H11Br3N4O4. The van der Waals surface area contributed by atoms with E-state index in [0.29, 0.717) is 17.4 Å². The quantitative estimate of drug-likeness (QED) is 0.596. The van der Waals surface area contributed by atoms with E-state index in [1.54, 1.807) is 18.2 Å². The molecule has 0 amide bonds. The molecule has 0 unspecified atom stereocenters. The van der Waals surface area contributed by atoms with Gasteiger partial charge in [-0.05, 0) is 28.1 Å². The number of rotatable bonds is 4. The second kappa shape index (κ2) is 12.8.